The molecule has 0 fully saturated rings. The zero-order chi connectivity index (χ0) is 13.0. The van der Waals surface area contributed by atoms with E-state index in [1.807, 2.05) is 26.8 Å². The van der Waals surface area contributed by atoms with E-state index in [-0.39, 0.29) is 10.6 Å². The van der Waals surface area contributed by atoms with Gasteiger partial charge in [-0.1, -0.05) is 26.0 Å². The van der Waals surface area contributed by atoms with E-state index in [4.69, 9.17) is 0 Å². The van der Waals surface area contributed by atoms with Crippen LogP contribution in [0, 0.1) is 23.0 Å². The van der Waals surface area contributed by atoms with Crippen LogP contribution >= 0.6 is 0 Å². The predicted octanol–water partition coefficient (Wildman–Crippen LogP) is 2.85. The van der Waals surface area contributed by atoms with Crippen molar-refractivity contribution in [2.45, 2.75) is 39.7 Å². The molecule has 0 aliphatic carbocycles. The van der Waals surface area contributed by atoms with Crippen LogP contribution in [0.1, 0.15) is 31.4 Å². The molecular formula is C13H19NO3. The summed E-state index contributed by atoms with van der Waals surface area (Å²) in [7, 11) is 0. The van der Waals surface area contributed by atoms with E-state index in [0.29, 0.717) is 24.3 Å². The second kappa shape index (κ2) is 5.77. The summed E-state index contributed by atoms with van der Waals surface area (Å²) < 4.78 is 0. The summed E-state index contributed by atoms with van der Waals surface area (Å²) in [5.41, 5.74) is 1.57. The third-order valence-corrected chi connectivity index (χ3v) is 2.64. The first kappa shape index (κ1) is 13.6. The van der Waals surface area contributed by atoms with Gasteiger partial charge in [0.15, 0.2) is 0 Å². The Labute approximate surface area is 101 Å². The maximum atomic E-state index is 10.9. The molecule has 0 radical (unpaired) electrons. The molecule has 0 spiro atoms. The van der Waals surface area contributed by atoms with Crippen LogP contribution in [0.25, 0.3) is 0 Å². The molecule has 94 valence electrons. The number of benzene rings is 1. The van der Waals surface area contributed by atoms with Gasteiger partial charge in [0.05, 0.1) is 11.0 Å². The summed E-state index contributed by atoms with van der Waals surface area (Å²) in [6.07, 6.45) is 0.483. The van der Waals surface area contributed by atoms with E-state index in [0.717, 1.165) is 5.56 Å². The fourth-order valence-corrected chi connectivity index (χ4v) is 1.90. The van der Waals surface area contributed by atoms with Crippen LogP contribution in [0.2, 0.25) is 0 Å². The molecular weight excluding hydrogens is 218 g/mol. The van der Waals surface area contributed by atoms with E-state index in [9.17, 15) is 15.2 Å². The fourth-order valence-electron chi connectivity index (χ4n) is 1.90. The SMILES string of the molecule is Cc1ccc(CC(O)CC(C)C)c([N+](=O)[O-])c1. The summed E-state index contributed by atoms with van der Waals surface area (Å²) in [4.78, 5) is 10.5. The molecule has 0 aliphatic rings. The van der Waals surface area contributed by atoms with Crippen LogP contribution in [0.5, 0.6) is 0 Å². The highest BCUT2D eigenvalue weighted by Crippen LogP contribution is 2.22. The monoisotopic (exact) mass is 237 g/mol. The number of rotatable bonds is 5. The molecule has 4 nitrogen and oxygen atoms in total. The summed E-state index contributed by atoms with van der Waals surface area (Å²) in [5.74, 6) is 0.384. The van der Waals surface area contributed by atoms with E-state index in [1.54, 1.807) is 12.1 Å². The van der Waals surface area contributed by atoms with Gasteiger partial charge in [-0.15, -0.1) is 0 Å². The Morgan fingerprint density at radius 1 is 1.41 bits per heavy atom. The molecule has 0 aliphatic heterocycles. The van der Waals surface area contributed by atoms with Gasteiger partial charge in [-0.05, 0) is 24.8 Å². The Kier molecular flexibility index (Phi) is 4.63. The first-order valence-electron chi connectivity index (χ1n) is 5.82. The molecule has 1 aromatic carbocycles. The van der Waals surface area contributed by atoms with Crippen molar-refractivity contribution in [2.75, 3.05) is 0 Å². The Morgan fingerprint density at radius 3 is 2.59 bits per heavy atom. The molecule has 1 rings (SSSR count). The summed E-state index contributed by atoms with van der Waals surface area (Å²) in [6, 6.07) is 5.12. The van der Waals surface area contributed by atoms with Gasteiger partial charge < -0.3 is 5.11 Å². The smallest absolute Gasteiger partial charge is 0.272 e. The predicted molar refractivity (Wildman–Crippen MR) is 67.0 cm³/mol. The minimum absolute atomic E-state index is 0.104. The lowest BCUT2D eigenvalue weighted by Gasteiger charge is -2.13. The van der Waals surface area contributed by atoms with Crippen molar-refractivity contribution in [1.82, 2.24) is 0 Å². The van der Waals surface area contributed by atoms with Gasteiger partial charge in [-0.2, -0.15) is 0 Å². The molecule has 1 atom stereocenters. The van der Waals surface area contributed by atoms with Crippen LogP contribution in [0.4, 0.5) is 5.69 Å². The molecule has 1 N–H and O–H groups in total. The van der Waals surface area contributed by atoms with Gasteiger partial charge in [0.25, 0.3) is 5.69 Å². The van der Waals surface area contributed by atoms with Crippen molar-refractivity contribution in [3.05, 3.63) is 39.4 Å². The summed E-state index contributed by atoms with van der Waals surface area (Å²) in [5, 5.41) is 20.7. The van der Waals surface area contributed by atoms with Gasteiger partial charge in [-0.25, -0.2) is 0 Å². The van der Waals surface area contributed by atoms with E-state index in [2.05, 4.69) is 0 Å². The van der Waals surface area contributed by atoms with Gasteiger partial charge in [0.2, 0.25) is 0 Å². The minimum Gasteiger partial charge on any atom is -0.393 e. The first-order chi connectivity index (χ1) is 7.90. The van der Waals surface area contributed by atoms with Crippen LogP contribution in [-0.2, 0) is 6.42 Å². The number of nitrogens with zero attached hydrogens (tertiary/aromatic N) is 1. The molecule has 1 aromatic rings. The van der Waals surface area contributed by atoms with Crippen LogP contribution < -0.4 is 0 Å². The number of hydrogen-bond acceptors (Lipinski definition) is 3. The summed E-state index contributed by atoms with van der Waals surface area (Å²) >= 11 is 0. The highest BCUT2D eigenvalue weighted by Gasteiger charge is 2.17. The average Bonchev–Trinajstić information content (AvgIpc) is 2.19. The number of nitro groups is 1. The molecule has 1 unspecified atom stereocenters. The number of aliphatic hydroxyl groups excluding tert-OH is 1. The molecule has 0 bridgehead atoms. The Bertz CT molecular complexity index is 402. The maximum Gasteiger partial charge on any atom is 0.272 e. The number of hydrogen-bond donors (Lipinski definition) is 1. The van der Waals surface area contributed by atoms with Crippen LogP contribution in [-0.4, -0.2) is 16.1 Å². The van der Waals surface area contributed by atoms with Gasteiger partial charge >= 0.3 is 0 Å². The van der Waals surface area contributed by atoms with Gasteiger partial charge in [0, 0.05) is 18.1 Å². The van der Waals surface area contributed by atoms with Gasteiger partial charge in [0.1, 0.15) is 0 Å². The number of nitro benzene ring substituents is 1. The number of aryl methyl sites for hydroxylation is 1. The van der Waals surface area contributed by atoms with Crippen LogP contribution in [0.3, 0.4) is 0 Å². The quantitative estimate of drug-likeness (QED) is 0.632. The molecule has 4 heteroatoms. The molecule has 17 heavy (non-hydrogen) atoms. The summed E-state index contributed by atoms with van der Waals surface area (Å²) in [6.45, 7) is 5.86. The van der Waals surface area contributed by atoms with Crippen LogP contribution in [0.15, 0.2) is 18.2 Å². The minimum atomic E-state index is -0.517. The maximum absolute atomic E-state index is 10.9. The Hall–Kier alpha value is -1.42. The van der Waals surface area contributed by atoms with Crippen molar-refractivity contribution in [3.63, 3.8) is 0 Å². The highest BCUT2D eigenvalue weighted by molar-refractivity contribution is 5.43. The Balaban J connectivity index is 2.86. The third kappa shape index (κ3) is 4.15. The lowest BCUT2D eigenvalue weighted by molar-refractivity contribution is -0.385. The van der Waals surface area contributed by atoms with E-state index >= 15 is 0 Å². The lowest BCUT2D eigenvalue weighted by Crippen LogP contribution is -2.14. The van der Waals surface area contributed by atoms with Crippen molar-refractivity contribution in [3.8, 4) is 0 Å². The lowest BCUT2D eigenvalue weighted by atomic mass is 9.98. The second-order valence-electron chi connectivity index (χ2n) is 4.88. The van der Waals surface area contributed by atoms with Crippen molar-refractivity contribution in [1.29, 1.82) is 0 Å². The largest absolute Gasteiger partial charge is 0.393 e. The highest BCUT2D eigenvalue weighted by atomic mass is 16.6. The molecule has 0 amide bonds. The third-order valence-electron chi connectivity index (χ3n) is 2.64. The van der Waals surface area contributed by atoms with Crippen molar-refractivity contribution >= 4 is 5.69 Å². The normalized spacial score (nSPS) is 12.8. The van der Waals surface area contributed by atoms with Crippen molar-refractivity contribution < 1.29 is 10.0 Å². The first-order valence-corrected chi connectivity index (χ1v) is 5.82. The van der Waals surface area contributed by atoms with Crippen molar-refractivity contribution in [2.24, 2.45) is 5.92 Å². The topological polar surface area (TPSA) is 63.4 Å². The number of aliphatic hydroxyl groups is 1. The molecule has 0 saturated carbocycles. The molecule has 0 saturated heterocycles. The molecule has 0 heterocycles. The zero-order valence-corrected chi connectivity index (χ0v) is 10.5. The average molecular weight is 237 g/mol. The van der Waals surface area contributed by atoms with E-state index < -0.39 is 6.10 Å². The van der Waals surface area contributed by atoms with Gasteiger partial charge in [-0.3, -0.25) is 10.1 Å². The second-order valence-corrected chi connectivity index (χ2v) is 4.88. The van der Waals surface area contributed by atoms with E-state index in [1.165, 1.54) is 0 Å². The molecule has 0 aromatic heterocycles. The standard InChI is InChI=1S/C13H19NO3/c1-9(2)6-12(15)8-11-5-4-10(3)7-13(11)14(16)17/h4-5,7,9,12,15H,6,8H2,1-3H3. The Morgan fingerprint density at radius 2 is 2.06 bits per heavy atom. The fraction of sp³-hybridized carbons (Fsp3) is 0.538. The zero-order valence-electron chi connectivity index (χ0n) is 10.5.